The van der Waals surface area contributed by atoms with Crippen LogP contribution in [0.4, 0.5) is 11.5 Å². The molecule has 1 fully saturated rings. The van der Waals surface area contributed by atoms with Crippen LogP contribution in [0.25, 0.3) is 21.7 Å². The Bertz CT molecular complexity index is 1040. The van der Waals surface area contributed by atoms with Gasteiger partial charge in [0.25, 0.3) is 5.69 Å². The molecule has 0 atom stereocenters. The summed E-state index contributed by atoms with van der Waals surface area (Å²) in [5.41, 5.74) is 11.8. The van der Waals surface area contributed by atoms with E-state index < -0.39 is 0 Å². The van der Waals surface area contributed by atoms with Crippen molar-refractivity contribution in [2.24, 2.45) is 0 Å². The molecule has 0 amide bonds. The van der Waals surface area contributed by atoms with Crippen LogP contribution in [0.15, 0.2) is 18.3 Å². The standard InChI is InChI=1S/C19H19N5O/c1-10-5-8-14(25-4)11(2)17(10)24-18(20)15(21-3)16-19(24)22-9-13(23-16)12-6-7-12/h5,8-9,12H,6-7,20H2,1-2,4H3. The highest BCUT2D eigenvalue weighted by Gasteiger charge is 2.28. The highest BCUT2D eigenvalue weighted by molar-refractivity contribution is 5.97. The summed E-state index contributed by atoms with van der Waals surface area (Å²) < 4.78 is 7.29. The number of aryl methyl sites for hydroxylation is 1. The van der Waals surface area contributed by atoms with Gasteiger partial charge in [-0.3, -0.25) is 9.55 Å². The zero-order valence-corrected chi connectivity index (χ0v) is 14.5. The van der Waals surface area contributed by atoms with E-state index in [0.717, 1.165) is 41.1 Å². The van der Waals surface area contributed by atoms with Gasteiger partial charge < -0.3 is 10.5 Å². The van der Waals surface area contributed by atoms with Crippen molar-refractivity contribution in [1.29, 1.82) is 0 Å². The summed E-state index contributed by atoms with van der Waals surface area (Å²) in [6.45, 7) is 11.6. The minimum absolute atomic E-state index is 0.367. The Hall–Kier alpha value is -3.07. The number of nitrogens with zero attached hydrogens (tertiary/aromatic N) is 4. The van der Waals surface area contributed by atoms with Crippen molar-refractivity contribution in [1.82, 2.24) is 14.5 Å². The van der Waals surface area contributed by atoms with Gasteiger partial charge in [0.05, 0.1) is 31.3 Å². The average molecular weight is 333 g/mol. The quantitative estimate of drug-likeness (QED) is 0.734. The van der Waals surface area contributed by atoms with Crippen molar-refractivity contribution in [3.63, 3.8) is 0 Å². The minimum Gasteiger partial charge on any atom is -0.496 e. The van der Waals surface area contributed by atoms with Crippen LogP contribution in [0.1, 0.15) is 35.6 Å². The molecule has 2 heterocycles. The van der Waals surface area contributed by atoms with Crippen LogP contribution in [0.5, 0.6) is 5.75 Å². The molecule has 1 aromatic carbocycles. The third-order valence-electron chi connectivity index (χ3n) is 4.83. The van der Waals surface area contributed by atoms with Gasteiger partial charge in [-0.15, -0.1) is 0 Å². The summed E-state index contributed by atoms with van der Waals surface area (Å²) in [5, 5.41) is 0. The smallest absolute Gasteiger partial charge is 0.255 e. The van der Waals surface area contributed by atoms with E-state index in [0.29, 0.717) is 28.6 Å². The SMILES string of the molecule is [C-]#[N+]c1c(N)n(-c2c(C)ccc(OC)c2C)c2ncc(C3CC3)nc12. The molecule has 126 valence electrons. The Morgan fingerprint density at radius 1 is 1.32 bits per heavy atom. The molecule has 2 N–H and O–H groups in total. The molecule has 25 heavy (non-hydrogen) atoms. The second kappa shape index (κ2) is 5.49. The molecule has 0 radical (unpaired) electrons. The molecule has 3 aromatic rings. The zero-order chi connectivity index (χ0) is 17.7. The average Bonchev–Trinajstić information content (AvgIpc) is 3.41. The lowest BCUT2D eigenvalue weighted by atomic mass is 10.1. The molecule has 1 aliphatic rings. The third-order valence-corrected chi connectivity index (χ3v) is 4.83. The second-order valence-corrected chi connectivity index (χ2v) is 6.48. The lowest BCUT2D eigenvalue weighted by molar-refractivity contribution is 0.411. The lowest BCUT2D eigenvalue weighted by Gasteiger charge is -2.16. The number of nitrogen functional groups attached to an aromatic ring is 1. The molecule has 6 nitrogen and oxygen atoms in total. The summed E-state index contributed by atoms with van der Waals surface area (Å²) in [7, 11) is 1.64. The molecule has 0 bridgehead atoms. The fraction of sp³-hybridized carbons (Fsp3) is 0.316. The third kappa shape index (κ3) is 2.23. The number of methoxy groups -OCH3 is 1. The first-order valence-electron chi connectivity index (χ1n) is 8.25. The van der Waals surface area contributed by atoms with Crippen molar-refractivity contribution in [3.8, 4) is 11.4 Å². The Kier molecular flexibility index (Phi) is 3.39. The number of rotatable bonds is 3. The van der Waals surface area contributed by atoms with Crippen LogP contribution in [-0.2, 0) is 0 Å². The number of hydrogen-bond acceptors (Lipinski definition) is 4. The van der Waals surface area contributed by atoms with Crippen LogP contribution < -0.4 is 10.5 Å². The summed E-state index contributed by atoms with van der Waals surface area (Å²) in [5.74, 6) is 1.62. The number of ether oxygens (including phenoxy) is 1. The van der Waals surface area contributed by atoms with Crippen LogP contribution in [0, 0.1) is 20.4 Å². The first-order valence-corrected chi connectivity index (χ1v) is 8.25. The van der Waals surface area contributed by atoms with E-state index in [-0.39, 0.29) is 0 Å². The van der Waals surface area contributed by atoms with E-state index in [1.807, 2.05) is 36.7 Å². The van der Waals surface area contributed by atoms with Crippen LogP contribution in [0.2, 0.25) is 0 Å². The maximum Gasteiger partial charge on any atom is 0.255 e. The van der Waals surface area contributed by atoms with E-state index in [1.54, 1.807) is 7.11 Å². The number of anilines is 1. The van der Waals surface area contributed by atoms with Gasteiger partial charge in [-0.25, -0.2) is 9.83 Å². The minimum atomic E-state index is 0.367. The lowest BCUT2D eigenvalue weighted by Crippen LogP contribution is -2.06. The maximum atomic E-state index is 7.56. The fourth-order valence-corrected chi connectivity index (χ4v) is 3.35. The van der Waals surface area contributed by atoms with Gasteiger partial charge >= 0.3 is 0 Å². The number of benzene rings is 1. The van der Waals surface area contributed by atoms with Crippen LogP contribution in [0.3, 0.4) is 0 Å². The molecule has 0 saturated heterocycles. The van der Waals surface area contributed by atoms with Gasteiger partial charge in [0, 0.05) is 11.5 Å². The summed E-state index contributed by atoms with van der Waals surface area (Å²) in [4.78, 5) is 13.0. The molecule has 0 unspecified atom stereocenters. The van der Waals surface area contributed by atoms with Gasteiger partial charge in [-0.1, -0.05) is 6.07 Å². The molecule has 0 aliphatic heterocycles. The monoisotopic (exact) mass is 333 g/mol. The Morgan fingerprint density at radius 3 is 2.72 bits per heavy atom. The molecular weight excluding hydrogens is 314 g/mol. The van der Waals surface area contributed by atoms with Gasteiger partial charge in [-0.2, -0.15) is 0 Å². The molecule has 2 aromatic heterocycles. The van der Waals surface area contributed by atoms with E-state index in [1.165, 1.54) is 0 Å². The molecule has 4 rings (SSSR count). The topological polar surface area (TPSA) is 70.3 Å². The summed E-state index contributed by atoms with van der Waals surface area (Å²) in [6, 6.07) is 3.92. The largest absolute Gasteiger partial charge is 0.496 e. The highest BCUT2D eigenvalue weighted by atomic mass is 16.5. The first kappa shape index (κ1) is 15.5. The number of fused-ring (bicyclic) bond motifs is 1. The first-order chi connectivity index (χ1) is 12.1. The van der Waals surface area contributed by atoms with Gasteiger partial charge in [0.1, 0.15) is 17.1 Å². The Labute approximate surface area is 146 Å². The van der Waals surface area contributed by atoms with E-state index in [9.17, 15) is 0 Å². The van der Waals surface area contributed by atoms with Crippen LogP contribution in [-0.4, -0.2) is 21.6 Å². The maximum absolute atomic E-state index is 7.56. The second-order valence-electron chi connectivity index (χ2n) is 6.48. The van der Waals surface area contributed by atoms with Crippen molar-refractivity contribution in [2.75, 3.05) is 12.8 Å². The number of nitrogens with two attached hydrogens (primary N) is 1. The van der Waals surface area contributed by atoms with Crippen molar-refractivity contribution in [2.45, 2.75) is 32.6 Å². The Morgan fingerprint density at radius 2 is 2.08 bits per heavy atom. The molecular formula is C19H19N5O. The van der Waals surface area contributed by atoms with E-state index in [2.05, 4.69) is 9.83 Å². The summed E-state index contributed by atoms with van der Waals surface area (Å²) in [6.07, 6.45) is 4.09. The van der Waals surface area contributed by atoms with E-state index in [4.69, 9.17) is 22.0 Å². The van der Waals surface area contributed by atoms with Crippen molar-refractivity contribution in [3.05, 3.63) is 46.6 Å². The highest BCUT2D eigenvalue weighted by Crippen LogP contribution is 2.43. The fourth-order valence-electron chi connectivity index (χ4n) is 3.35. The molecule has 6 heteroatoms. The molecule has 1 saturated carbocycles. The summed E-state index contributed by atoms with van der Waals surface area (Å²) >= 11 is 0. The number of hydrogen-bond donors (Lipinski definition) is 1. The predicted molar refractivity (Wildman–Crippen MR) is 97.5 cm³/mol. The van der Waals surface area contributed by atoms with E-state index >= 15 is 0 Å². The van der Waals surface area contributed by atoms with Gasteiger partial charge in [0.15, 0.2) is 5.65 Å². The molecule has 1 aliphatic carbocycles. The molecule has 0 spiro atoms. The predicted octanol–water partition coefficient (Wildman–Crippen LogP) is 4.06. The van der Waals surface area contributed by atoms with Crippen LogP contribution >= 0.6 is 0 Å². The van der Waals surface area contributed by atoms with Crippen molar-refractivity contribution >= 4 is 22.7 Å². The van der Waals surface area contributed by atoms with Gasteiger partial charge in [0.2, 0.25) is 0 Å². The van der Waals surface area contributed by atoms with Crippen molar-refractivity contribution < 1.29 is 4.74 Å². The zero-order valence-electron chi connectivity index (χ0n) is 14.5. The van der Waals surface area contributed by atoms with Gasteiger partial charge in [-0.05, 0) is 38.3 Å². The number of aromatic nitrogens is 3. The normalized spacial score (nSPS) is 13.8. The Balaban J connectivity index is 2.06.